The third-order valence-corrected chi connectivity index (χ3v) is 3.57. The van der Waals surface area contributed by atoms with Crippen molar-refractivity contribution in [2.24, 2.45) is 7.05 Å². The molecule has 0 saturated heterocycles. The van der Waals surface area contributed by atoms with Crippen molar-refractivity contribution in [2.75, 3.05) is 13.2 Å². The zero-order chi connectivity index (χ0) is 15.9. The first kappa shape index (κ1) is 16.5. The molecule has 5 nitrogen and oxygen atoms in total. The fraction of sp³-hybridized carbons (Fsp3) is 0.471. The molecule has 0 aliphatic heterocycles. The Kier molecular flexibility index (Phi) is 5.98. The molecular weight excluding hydrogens is 278 g/mol. The predicted octanol–water partition coefficient (Wildman–Crippen LogP) is 2.21. The Hall–Kier alpha value is -1.85. The highest BCUT2D eigenvalue weighted by Crippen LogP contribution is 2.15. The number of aromatic nitrogens is 2. The largest absolute Gasteiger partial charge is 0.491 e. The van der Waals surface area contributed by atoms with Crippen molar-refractivity contribution in [3.05, 3.63) is 47.8 Å². The number of nitrogens with zero attached hydrogens (tertiary/aromatic N) is 2. The van der Waals surface area contributed by atoms with Gasteiger partial charge in [0, 0.05) is 31.4 Å². The van der Waals surface area contributed by atoms with E-state index in [2.05, 4.69) is 17.3 Å². The first-order chi connectivity index (χ1) is 10.6. The van der Waals surface area contributed by atoms with E-state index in [1.807, 2.05) is 50.6 Å². The molecular formula is C17H25N3O2. The Morgan fingerprint density at radius 3 is 2.86 bits per heavy atom. The lowest BCUT2D eigenvalue weighted by molar-refractivity contribution is 0.103. The lowest BCUT2D eigenvalue weighted by atomic mass is 10.1. The summed E-state index contributed by atoms with van der Waals surface area (Å²) in [6.45, 7) is 4.89. The molecule has 2 N–H and O–H groups in total. The van der Waals surface area contributed by atoms with E-state index in [0.717, 1.165) is 23.3 Å². The van der Waals surface area contributed by atoms with Crippen LogP contribution in [-0.4, -0.2) is 34.1 Å². The smallest absolute Gasteiger partial charge is 0.119 e. The standard InChI is InChI=1S/C17H25N3O2/c1-4-17(14-9-19-20(3)11-14)18-10-15(21)12-22-16-7-5-6-13(2)8-16/h5-9,11,15,17-18,21H,4,10,12H2,1-3H3. The summed E-state index contributed by atoms with van der Waals surface area (Å²) in [5.74, 6) is 0.790. The molecule has 1 heterocycles. The van der Waals surface area contributed by atoms with Crippen LogP contribution in [0.1, 0.15) is 30.5 Å². The molecule has 1 aromatic heterocycles. The number of aliphatic hydroxyl groups is 1. The molecule has 0 bridgehead atoms. The minimum Gasteiger partial charge on any atom is -0.491 e. The zero-order valence-electron chi connectivity index (χ0n) is 13.5. The monoisotopic (exact) mass is 303 g/mol. The van der Waals surface area contributed by atoms with Gasteiger partial charge in [-0.25, -0.2) is 0 Å². The van der Waals surface area contributed by atoms with Gasteiger partial charge in [-0.1, -0.05) is 19.1 Å². The van der Waals surface area contributed by atoms with E-state index in [4.69, 9.17) is 4.74 Å². The second kappa shape index (κ2) is 7.96. The average Bonchev–Trinajstić information content (AvgIpc) is 2.92. The summed E-state index contributed by atoms with van der Waals surface area (Å²) in [4.78, 5) is 0. The van der Waals surface area contributed by atoms with Gasteiger partial charge in [0.2, 0.25) is 0 Å². The molecule has 0 fully saturated rings. The van der Waals surface area contributed by atoms with E-state index < -0.39 is 6.10 Å². The lowest BCUT2D eigenvalue weighted by Crippen LogP contribution is -2.33. The molecule has 2 aromatic rings. The zero-order valence-corrected chi connectivity index (χ0v) is 13.5. The van der Waals surface area contributed by atoms with Crippen LogP contribution in [0.15, 0.2) is 36.7 Å². The van der Waals surface area contributed by atoms with Gasteiger partial charge in [-0.05, 0) is 31.0 Å². The van der Waals surface area contributed by atoms with E-state index >= 15 is 0 Å². The molecule has 2 atom stereocenters. The molecule has 22 heavy (non-hydrogen) atoms. The lowest BCUT2D eigenvalue weighted by Gasteiger charge is -2.19. The molecule has 0 aliphatic carbocycles. The minimum absolute atomic E-state index is 0.197. The van der Waals surface area contributed by atoms with Crippen molar-refractivity contribution >= 4 is 0 Å². The molecule has 1 aromatic carbocycles. The third-order valence-electron chi connectivity index (χ3n) is 3.57. The Bertz CT molecular complexity index is 583. The number of nitrogens with one attached hydrogen (secondary N) is 1. The number of hydrogen-bond donors (Lipinski definition) is 2. The summed E-state index contributed by atoms with van der Waals surface area (Å²) < 4.78 is 7.41. The highest BCUT2D eigenvalue weighted by atomic mass is 16.5. The maximum atomic E-state index is 10.1. The van der Waals surface area contributed by atoms with Crippen LogP contribution >= 0.6 is 0 Å². The molecule has 0 amide bonds. The fourth-order valence-corrected chi connectivity index (χ4v) is 2.35. The van der Waals surface area contributed by atoms with Crippen molar-refractivity contribution in [3.8, 4) is 5.75 Å². The van der Waals surface area contributed by atoms with Gasteiger partial charge in [0.25, 0.3) is 0 Å². The summed E-state index contributed by atoms with van der Waals surface area (Å²) >= 11 is 0. The summed E-state index contributed by atoms with van der Waals surface area (Å²) in [5.41, 5.74) is 2.28. The van der Waals surface area contributed by atoms with Crippen molar-refractivity contribution in [1.82, 2.24) is 15.1 Å². The summed E-state index contributed by atoms with van der Waals surface area (Å²) in [7, 11) is 1.90. The van der Waals surface area contributed by atoms with Gasteiger partial charge < -0.3 is 15.2 Å². The highest BCUT2D eigenvalue weighted by Gasteiger charge is 2.13. The maximum absolute atomic E-state index is 10.1. The summed E-state index contributed by atoms with van der Waals surface area (Å²) in [6.07, 6.45) is 4.25. The Morgan fingerprint density at radius 1 is 1.41 bits per heavy atom. The second-order valence-corrected chi connectivity index (χ2v) is 5.60. The molecule has 0 radical (unpaired) electrons. The molecule has 0 saturated carbocycles. The van der Waals surface area contributed by atoms with Crippen LogP contribution < -0.4 is 10.1 Å². The Labute approximate surface area is 131 Å². The van der Waals surface area contributed by atoms with E-state index in [1.54, 1.807) is 4.68 Å². The predicted molar refractivity (Wildman–Crippen MR) is 86.9 cm³/mol. The molecule has 0 aliphatic rings. The SMILES string of the molecule is CCC(NCC(O)COc1cccc(C)c1)c1cnn(C)c1. The van der Waals surface area contributed by atoms with E-state index in [0.29, 0.717) is 6.54 Å². The van der Waals surface area contributed by atoms with Crippen LogP contribution in [0.3, 0.4) is 0 Å². The number of benzene rings is 1. The molecule has 120 valence electrons. The molecule has 2 unspecified atom stereocenters. The molecule has 5 heteroatoms. The number of aliphatic hydroxyl groups excluding tert-OH is 1. The van der Waals surface area contributed by atoms with Crippen LogP contribution in [-0.2, 0) is 7.05 Å². The van der Waals surface area contributed by atoms with Crippen molar-refractivity contribution in [1.29, 1.82) is 0 Å². The quantitative estimate of drug-likeness (QED) is 0.785. The first-order valence-electron chi connectivity index (χ1n) is 7.68. The highest BCUT2D eigenvalue weighted by molar-refractivity contribution is 5.27. The third kappa shape index (κ3) is 4.86. The van der Waals surface area contributed by atoms with E-state index in [9.17, 15) is 5.11 Å². The summed E-state index contributed by atoms with van der Waals surface area (Å²) in [5, 5.41) is 17.6. The van der Waals surface area contributed by atoms with Crippen molar-refractivity contribution in [2.45, 2.75) is 32.4 Å². The van der Waals surface area contributed by atoms with Crippen LogP contribution in [0.25, 0.3) is 0 Å². The fourth-order valence-electron chi connectivity index (χ4n) is 2.35. The van der Waals surface area contributed by atoms with Crippen LogP contribution in [0, 0.1) is 6.92 Å². The average molecular weight is 303 g/mol. The van der Waals surface area contributed by atoms with E-state index in [1.165, 1.54) is 0 Å². The van der Waals surface area contributed by atoms with E-state index in [-0.39, 0.29) is 12.6 Å². The van der Waals surface area contributed by atoms with Crippen LogP contribution in [0.5, 0.6) is 5.75 Å². The van der Waals surface area contributed by atoms with Gasteiger partial charge in [0.15, 0.2) is 0 Å². The number of hydrogen-bond acceptors (Lipinski definition) is 4. The topological polar surface area (TPSA) is 59.3 Å². The number of aryl methyl sites for hydroxylation is 2. The van der Waals surface area contributed by atoms with Gasteiger partial charge in [0.1, 0.15) is 18.5 Å². The first-order valence-corrected chi connectivity index (χ1v) is 7.68. The van der Waals surface area contributed by atoms with Gasteiger partial charge in [-0.3, -0.25) is 4.68 Å². The number of rotatable bonds is 8. The van der Waals surface area contributed by atoms with Gasteiger partial charge in [0.05, 0.1) is 6.20 Å². The molecule has 2 rings (SSSR count). The van der Waals surface area contributed by atoms with Gasteiger partial charge in [-0.15, -0.1) is 0 Å². The Balaban J connectivity index is 1.78. The molecule has 0 spiro atoms. The van der Waals surface area contributed by atoms with Crippen LogP contribution in [0.2, 0.25) is 0 Å². The maximum Gasteiger partial charge on any atom is 0.119 e. The van der Waals surface area contributed by atoms with Gasteiger partial charge in [-0.2, -0.15) is 5.10 Å². The van der Waals surface area contributed by atoms with Crippen LogP contribution in [0.4, 0.5) is 0 Å². The minimum atomic E-state index is -0.550. The second-order valence-electron chi connectivity index (χ2n) is 5.60. The Morgan fingerprint density at radius 2 is 2.23 bits per heavy atom. The van der Waals surface area contributed by atoms with Gasteiger partial charge >= 0.3 is 0 Å². The van der Waals surface area contributed by atoms with Crippen molar-refractivity contribution < 1.29 is 9.84 Å². The van der Waals surface area contributed by atoms with Crippen molar-refractivity contribution in [3.63, 3.8) is 0 Å². The number of ether oxygens (including phenoxy) is 1. The summed E-state index contributed by atoms with van der Waals surface area (Å²) in [6, 6.07) is 8.03. The normalized spacial score (nSPS) is 13.8.